The topological polar surface area (TPSA) is 86.3 Å². The molecule has 0 atom stereocenters. The fraction of sp³-hybridized carbons (Fsp3) is 0.286. The van der Waals surface area contributed by atoms with E-state index in [1.54, 1.807) is 54.5 Å². The van der Waals surface area contributed by atoms with E-state index in [1.807, 2.05) is 12.1 Å². The highest BCUT2D eigenvalue weighted by molar-refractivity contribution is 5.99. The molecule has 1 N–H and O–H groups in total. The highest BCUT2D eigenvalue weighted by Crippen LogP contribution is 2.34. The van der Waals surface area contributed by atoms with Crippen molar-refractivity contribution in [3.8, 4) is 23.0 Å². The Bertz CT molecular complexity index is 1190. The smallest absolute Gasteiger partial charge is 0.265 e. The number of nitrogens with one attached hydrogen (secondary N) is 1. The normalized spacial score (nSPS) is 12.4. The van der Waals surface area contributed by atoms with Gasteiger partial charge in [0.2, 0.25) is 0 Å². The van der Waals surface area contributed by atoms with Crippen LogP contribution in [0.5, 0.6) is 23.0 Å². The van der Waals surface area contributed by atoms with Crippen molar-refractivity contribution in [2.45, 2.75) is 19.8 Å². The minimum Gasteiger partial charge on any atom is -0.497 e. The first-order valence-corrected chi connectivity index (χ1v) is 11.9. The molecule has 0 unspecified atom stereocenters. The van der Waals surface area contributed by atoms with Gasteiger partial charge in [0, 0.05) is 18.3 Å². The summed E-state index contributed by atoms with van der Waals surface area (Å²) in [5.41, 5.74) is 2.42. The standard InChI is InChI=1S/C28H30N2O6/c1-3-20-8-11-22(12-9-20)34-15-5-14-30-25-16-21(10-13-26(25)36-19-28(30)32)29-27(31)18-35-24-7-4-6-23(17-24)33-2/h4,6-13,16-17H,3,5,14-15,18-19H2,1-2H3,(H,29,31). The number of nitrogens with zero attached hydrogens (tertiary/aromatic N) is 1. The molecule has 1 heterocycles. The van der Waals surface area contributed by atoms with Crippen LogP contribution in [0.2, 0.25) is 0 Å². The zero-order valence-corrected chi connectivity index (χ0v) is 20.5. The molecule has 1 aliphatic rings. The van der Waals surface area contributed by atoms with E-state index in [4.69, 9.17) is 18.9 Å². The fourth-order valence-corrected chi connectivity index (χ4v) is 3.80. The Balaban J connectivity index is 1.33. The number of ether oxygens (including phenoxy) is 4. The van der Waals surface area contributed by atoms with Crippen LogP contribution in [-0.2, 0) is 16.0 Å². The number of hydrogen-bond acceptors (Lipinski definition) is 6. The zero-order valence-electron chi connectivity index (χ0n) is 20.5. The van der Waals surface area contributed by atoms with Gasteiger partial charge in [-0.2, -0.15) is 0 Å². The molecule has 0 radical (unpaired) electrons. The molecule has 0 bridgehead atoms. The molecule has 0 saturated carbocycles. The van der Waals surface area contributed by atoms with Gasteiger partial charge >= 0.3 is 0 Å². The number of fused-ring (bicyclic) bond motifs is 1. The molecule has 3 aromatic carbocycles. The third-order valence-corrected chi connectivity index (χ3v) is 5.72. The molecule has 0 aromatic heterocycles. The molecule has 4 rings (SSSR count). The number of aryl methyl sites for hydroxylation is 1. The Morgan fingerprint density at radius 3 is 2.58 bits per heavy atom. The number of carbonyl (C=O) groups excluding carboxylic acids is 2. The SMILES string of the molecule is CCc1ccc(OCCCN2C(=O)COc3ccc(NC(=O)COc4cccc(OC)c4)cc32)cc1. The molecule has 0 saturated heterocycles. The summed E-state index contributed by atoms with van der Waals surface area (Å²) in [5.74, 6) is 2.11. The van der Waals surface area contributed by atoms with Crippen molar-refractivity contribution in [2.75, 3.05) is 43.7 Å². The summed E-state index contributed by atoms with van der Waals surface area (Å²) < 4.78 is 22.1. The zero-order chi connectivity index (χ0) is 25.3. The molecule has 0 spiro atoms. The molecule has 188 valence electrons. The molecule has 8 heteroatoms. The van der Waals surface area contributed by atoms with Crippen LogP contribution in [0.15, 0.2) is 66.7 Å². The second-order valence-corrected chi connectivity index (χ2v) is 8.23. The molecule has 8 nitrogen and oxygen atoms in total. The first kappa shape index (κ1) is 24.9. The van der Waals surface area contributed by atoms with Gasteiger partial charge in [-0.15, -0.1) is 0 Å². The summed E-state index contributed by atoms with van der Waals surface area (Å²) in [4.78, 5) is 26.7. The van der Waals surface area contributed by atoms with Crippen molar-refractivity contribution in [3.63, 3.8) is 0 Å². The lowest BCUT2D eigenvalue weighted by molar-refractivity contribution is -0.121. The fourth-order valence-electron chi connectivity index (χ4n) is 3.80. The Hall–Kier alpha value is -4.20. The van der Waals surface area contributed by atoms with Crippen molar-refractivity contribution in [2.24, 2.45) is 0 Å². The number of amides is 2. The lowest BCUT2D eigenvalue weighted by atomic mass is 10.2. The maximum atomic E-state index is 12.6. The third-order valence-electron chi connectivity index (χ3n) is 5.72. The summed E-state index contributed by atoms with van der Waals surface area (Å²) in [6, 6.07) is 20.3. The summed E-state index contributed by atoms with van der Waals surface area (Å²) in [7, 11) is 1.57. The van der Waals surface area contributed by atoms with E-state index in [-0.39, 0.29) is 25.0 Å². The van der Waals surface area contributed by atoms with Crippen molar-refractivity contribution >= 4 is 23.2 Å². The molecule has 0 fully saturated rings. The minimum atomic E-state index is -0.324. The van der Waals surface area contributed by atoms with Gasteiger partial charge in [0.25, 0.3) is 11.8 Å². The van der Waals surface area contributed by atoms with E-state index in [2.05, 4.69) is 24.4 Å². The minimum absolute atomic E-state index is 0.0214. The van der Waals surface area contributed by atoms with Crippen LogP contribution < -0.4 is 29.2 Å². The van der Waals surface area contributed by atoms with E-state index in [9.17, 15) is 9.59 Å². The van der Waals surface area contributed by atoms with E-state index in [0.29, 0.717) is 48.2 Å². The van der Waals surface area contributed by atoms with Gasteiger partial charge in [-0.1, -0.05) is 25.1 Å². The number of methoxy groups -OCH3 is 1. The van der Waals surface area contributed by atoms with Gasteiger partial charge in [0.05, 0.1) is 19.4 Å². The van der Waals surface area contributed by atoms with Crippen LogP contribution in [0.25, 0.3) is 0 Å². The van der Waals surface area contributed by atoms with Gasteiger partial charge in [0.1, 0.15) is 23.0 Å². The highest BCUT2D eigenvalue weighted by atomic mass is 16.5. The predicted molar refractivity (Wildman–Crippen MR) is 137 cm³/mol. The van der Waals surface area contributed by atoms with Crippen LogP contribution in [-0.4, -0.2) is 45.3 Å². The van der Waals surface area contributed by atoms with E-state index in [0.717, 1.165) is 12.2 Å². The lowest BCUT2D eigenvalue weighted by Gasteiger charge is -2.30. The van der Waals surface area contributed by atoms with E-state index in [1.165, 1.54) is 5.56 Å². The average Bonchev–Trinajstić information content (AvgIpc) is 2.91. The second-order valence-electron chi connectivity index (χ2n) is 8.23. The molecule has 2 amide bonds. The summed E-state index contributed by atoms with van der Waals surface area (Å²) in [5, 5.41) is 2.81. The van der Waals surface area contributed by atoms with Gasteiger partial charge in [0.15, 0.2) is 13.2 Å². The Labute approximate surface area is 210 Å². The molecule has 3 aromatic rings. The van der Waals surface area contributed by atoms with E-state index < -0.39 is 0 Å². The van der Waals surface area contributed by atoms with Crippen LogP contribution in [0.4, 0.5) is 11.4 Å². The van der Waals surface area contributed by atoms with E-state index >= 15 is 0 Å². The number of rotatable bonds is 11. The molecule has 1 aliphatic heterocycles. The number of anilines is 2. The van der Waals surface area contributed by atoms with Crippen LogP contribution in [0.3, 0.4) is 0 Å². The average molecular weight is 491 g/mol. The first-order valence-electron chi connectivity index (χ1n) is 11.9. The number of benzene rings is 3. The van der Waals surface area contributed by atoms with Crippen molar-refractivity contribution in [1.82, 2.24) is 0 Å². The predicted octanol–water partition coefficient (Wildman–Crippen LogP) is 4.47. The summed E-state index contributed by atoms with van der Waals surface area (Å²) in [6.45, 7) is 2.87. The molecule has 36 heavy (non-hydrogen) atoms. The van der Waals surface area contributed by atoms with Crippen LogP contribution in [0.1, 0.15) is 18.9 Å². The number of carbonyl (C=O) groups is 2. The van der Waals surface area contributed by atoms with Crippen molar-refractivity contribution < 1.29 is 28.5 Å². The van der Waals surface area contributed by atoms with Crippen LogP contribution in [0, 0.1) is 0 Å². The van der Waals surface area contributed by atoms with Crippen LogP contribution >= 0.6 is 0 Å². The van der Waals surface area contributed by atoms with Crippen molar-refractivity contribution in [3.05, 3.63) is 72.3 Å². The summed E-state index contributed by atoms with van der Waals surface area (Å²) >= 11 is 0. The van der Waals surface area contributed by atoms with Crippen molar-refractivity contribution in [1.29, 1.82) is 0 Å². The Morgan fingerprint density at radius 1 is 1.00 bits per heavy atom. The Kier molecular flexibility index (Phi) is 8.28. The largest absolute Gasteiger partial charge is 0.497 e. The summed E-state index contributed by atoms with van der Waals surface area (Å²) in [6.07, 6.45) is 1.63. The molecule has 0 aliphatic carbocycles. The maximum Gasteiger partial charge on any atom is 0.265 e. The maximum absolute atomic E-state index is 12.6. The Morgan fingerprint density at radius 2 is 1.81 bits per heavy atom. The number of hydrogen-bond donors (Lipinski definition) is 1. The third kappa shape index (κ3) is 6.47. The van der Waals surface area contributed by atoms with Gasteiger partial charge in [-0.3, -0.25) is 9.59 Å². The quantitative estimate of drug-likeness (QED) is 0.399. The highest BCUT2D eigenvalue weighted by Gasteiger charge is 2.25. The first-order chi connectivity index (χ1) is 17.6. The molecular weight excluding hydrogens is 460 g/mol. The second kappa shape index (κ2) is 12.0. The van der Waals surface area contributed by atoms with Gasteiger partial charge in [-0.05, 0) is 60.9 Å². The monoisotopic (exact) mass is 490 g/mol. The van der Waals surface area contributed by atoms with Gasteiger partial charge < -0.3 is 29.2 Å². The lowest BCUT2D eigenvalue weighted by Crippen LogP contribution is -2.39. The molecular formula is C28H30N2O6. The van der Waals surface area contributed by atoms with Gasteiger partial charge in [-0.25, -0.2) is 0 Å².